The molecular weight excluding hydrogens is 600 g/mol. The van der Waals surface area contributed by atoms with Crippen LogP contribution < -0.4 is 14.8 Å². The van der Waals surface area contributed by atoms with E-state index in [-0.39, 0.29) is 36.8 Å². The highest BCUT2D eigenvalue weighted by Crippen LogP contribution is 2.46. The zero-order chi connectivity index (χ0) is 32.9. The number of carbonyl (C=O) groups excluding carboxylic acids is 2. The summed E-state index contributed by atoms with van der Waals surface area (Å²) in [6, 6.07) is 9.97. The average molecular weight is 646 g/mol. The first kappa shape index (κ1) is 33.3. The third-order valence-corrected chi connectivity index (χ3v) is 10.6. The van der Waals surface area contributed by atoms with Crippen LogP contribution in [0.5, 0.6) is 5.75 Å². The summed E-state index contributed by atoms with van der Waals surface area (Å²) in [4.78, 5) is 27.9. The maximum atomic E-state index is 15.7. The van der Waals surface area contributed by atoms with Gasteiger partial charge >= 0.3 is 0 Å². The van der Waals surface area contributed by atoms with E-state index in [2.05, 4.69) is 10.0 Å². The highest BCUT2D eigenvalue weighted by Gasteiger charge is 2.53. The summed E-state index contributed by atoms with van der Waals surface area (Å²) in [5.74, 6) is -0.998. The molecule has 2 aromatic carbocycles. The van der Waals surface area contributed by atoms with E-state index in [0.29, 0.717) is 47.3 Å². The number of benzene rings is 2. The number of nitrogens with one attached hydrogen (secondary N) is 2. The number of rotatable bonds is 9. The van der Waals surface area contributed by atoms with Crippen LogP contribution in [0.2, 0.25) is 0 Å². The summed E-state index contributed by atoms with van der Waals surface area (Å²) in [5, 5.41) is 2.92. The van der Waals surface area contributed by atoms with Gasteiger partial charge < -0.3 is 10.1 Å². The zero-order valence-corrected chi connectivity index (χ0v) is 27.8. The van der Waals surface area contributed by atoms with Gasteiger partial charge in [-0.2, -0.15) is 0 Å². The van der Waals surface area contributed by atoms with E-state index in [4.69, 9.17) is 4.74 Å². The molecule has 1 aliphatic heterocycles. The van der Waals surface area contributed by atoms with Crippen LogP contribution in [-0.4, -0.2) is 68.3 Å². The summed E-state index contributed by atoms with van der Waals surface area (Å²) < 4.78 is 63.3. The Hall–Kier alpha value is -3.05. The van der Waals surface area contributed by atoms with Crippen molar-refractivity contribution in [1.29, 1.82) is 0 Å². The van der Waals surface area contributed by atoms with Gasteiger partial charge in [-0.05, 0) is 101 Å². The molecule has 2 N–H and O–H groups in total. The predicted molar refractivity (Wildman–Crippen MR) is 170 cm³/mol. The molecule has 2 amide bonds. The van der Waals surface area contributed by atoms with Crippen LogP contribution in [0.4, 0.5) is 8.78 Å². The summed E-state index contributed by atoms with van der Waals surface area (Å²) in [6.45, 7) is 7.17. The highest BCUT2D eigenvalue weighted by atomic mass is 32.2. The molecule has 3 aliphatic rings. The summed E-state index contributed by atoms with van der Waals surface area (Å²) >= 11 is 0. The third kappa shape index (κ3) is 6.89. The minimum absolute atomic E-state index is 0.0453. The number of alkyl halides is 1. The van der Waals surface area contributed by atoms with Gasteiger partial charge in [0.2, 0.25) is 21.6 Å². The summed E-state index contributed by atoms with van der Waals surface area (Å²) in [5.41, 5.74) is -1.15. The predicted octanol–water partition coefficient (Wildman–Crippen LogP) is 5.35. The van der Waals surface area contributed by atoms with Crippen molar-refractivity contribution in [2.24, 2.45) is 0 Å². The largest absolute Gasteiger partial charge is 0.490 e. The Bertz CT molecular complexity index is 1590. The Labute approximate surface area is 265 Å². The Morgan fingerprint density at radius 2 is 1.78 bits per heavy atom. The molecule has 2 aromatic rings. The van der Waals surface area contributed by atoms with Crippen LogP contribution in [0.15, 0.2) is 36.4 Å². The van der Waals surface area contributed by atoms with Crippen LogP contribution in [0.3, 0.4) is 0 Å². The van der Waals surface area contributed by atoms with Gasteiger partial charge in [0.05, 0.1) is 11.7 Å². The fourth-order valence-electron chi connectivity index (χ4n) is 6.83. The molecule has 5 rings (SSSR count). The van der Waals surface area contributed by atoms with Crippen molar-refractivity contribution < 1.29 is 31.5 Å². The van der Waals surface area contributed by atoms with E-state index < -0.39 is 38.5 Å². The van der Waals surface area contributed by atoms with Crippen molar-refractivity contribution in [2.45, 2.75) is 107 Å². The van der Waals surface area contributed by atoms with Crippen LogP contribution >= 0.6 is 0 Å². The molecule has 0 bridgehead atoms. The first-order valence-electron chi connectivity index (χ1n) is 15.7. The Morgan fingerprint density at radius 1 is 1.07 bits per heavy atom. The lowest BCUT2D eigenvalue weighted by atomic mass is 9.76. The number of hydrogen-bond donors (Lipinski definition) is 2. The number of hydrogen-bond acceptors (Lipinski definition) is 6. The fourth-order valence-corrected chi connectivity index (χ4v) is 7.43. The van der Waals surface area contributed by atoms with E-state index in [9.17, 15) is 18.0 Å². The number of carbonyl (C=O) groups is 2. The lowest BCUT2D eigenvalue weighted by Gasteiger charge is -2.30. The monoisotopic (exact) mass is 645 g/mol. The number of nitrogens with zero attached hydrogens (tertiary/aromatic N) is 1. The average Bonchev–Trinajstić information content (AvgIpc) is 3.43. The van der Waals surface area contributed by atoms with Gasteiger partial charge in [-0.1, -0.05) is 24.6 Å². The Kier molecular flexibility index (Phi) is 8.85. The van der Waals surface area contributed by atoms with E-state index in [1.807, 2.05) is 31.9 Å². The minimum Gasteiger partial charge on any atom is -0.490 e. The second kappa shape index (κ2) is 12.0. The molecule has 0 aromatic heterocycles. The Balaban J connectivity index is 1.42. The molecule has 3 fully saturated rings. The van der Waals surface area contributed by atoms with E-state index in [1.54, 1.807) is 38.1 Å². The molecule has 8 nitrogen and oxygen atoms in total. The van der Waals surface area contributed by atoms with E-state index in [1.165, 1.54) is 6.07 Å². The van der Waals surface area contributed by atoms with Crippen molar-refractivity contribution in [1.82, 2.24) is 14.9 Å². The molecular formula is C34H45F2N3O5S. The Morgan fingerprint density at radius 3 is 2.38 bits per heavy atom. The van der Waals surface area contributed by atoms with E-state index in [0.717, 1.165) is 25.5 Å². The maximum Gasteiger partial charge on any atom is 0.259 e. The normalized spacial score (nSPS) is 25.5. The highest BCUT2D eigenvalue weighted by molar-refractivity contribution is 7.89. The van der Waals surface area contributed by atoms with Crippen molar-refractivity contribution in [3.8, 4) is 16.9 Å². The quantitative estimate of drug-likeness (QED) is 0.381. The van der Waals surface area contributed by atoms with Crippen LogP contribution in [0.1, 0.15) is 89.7 Å². The van der Waals surface area contributed by atoms with Crippen molar-refractivity contribution in [3.63, 3.8) is 0 Å². The number of likely N-dealkylation sites (tertiary alicyclic amines) is 1. The molecule has 45 heavy (non-hydrogen) atoms. The number of halogens is 2. The molecule has 11 heteroatoms. The first-order chi connectivity index (χ1) is 20.9. The van der Waals surface area contributed by atoms with Gasteiger partial charge in [0.1, 0.15) is 17.7 Å². The molecule has 1 heterocycles. The molecule has 2 saturated carbocycles. The second-order valence-electron chi connectivity index (χ2n) is 14.4. The topological polar surface area (TPSA) is 105 Å². The molecule has 0 radical (unpaired) electrons. The number of ether oxygens (including phenoxy) is 1. The molecule has 3 atom stereocenters. The van der Waals surface area contributed by atoms with Crippen LogP contribution in [-0.2, 0) is 25.0 Å². The smallest absolute Gasteiger partial charge is 0.259 e. The number of sulfonamides is 1. The second-order valence-corrected chi connectivity index (χ2v) is 16.2. The van der Waals surface area contributed by atoms with Gasteiger partial charge in [0, 0.05) is 36.5 Å². The van der Waals surface area contributed by atoms with Gasteiger partial charge in [0.15, 0.2) is 0 Å². The lowest BCUT2D eigenvalue weighted by Crippen LogP contribution is -2.48. The standard InChI is InChI=1S/C34H45F2N3O5S/c1-32(2)19-34(36,20-39(32)5)31(41)37-23-14-15-24(18-23)44-28-16-13-22(33(3,4)30(40)38-45(6,42)43)17-26(28)25-11-8-12-27(35)29(25)21-9-7-10-21/h8,11-13,16-17,21,23-24H,7,9-10,14-15,18-20H2,1-6H3,(H,37,41)(H,38,40)/t23-,24-,34+/m1/s1. The lowest BCUT2D eigenvalue weighted by molar-refractivity contribution is -0.133. The van der Waals surface area contributed by atoms with Crippen LogP contribution in [0, 0.1) is 5.82 Å². The first-order valence-corrected chi connectivity index (χ1v) is 17.6. The van der Waals surface area contributed by atoms with Crippen LogP contribution in [0.25, 0.3) is 11.1 Å². The van der Waals surface area contributed by atoms with Gasteiger partial charge in [-0.15, -0.1) is 0 Å². The molecule has 246 valence electrons. The maximum absolute atomic E-state index is 15.7. The summed E-state index contributed by atoms with van der Waals surface area (Å²) in [6.07, 6.45) is 5.30. The van der Waals surface area contributed by atoms with Crippen molar-refractivity contribution in [2.75, 3.05) is 19.8 Å². The third-order valence-electron chi connectivity index (χ3n) is 10.1. The minimum atomic E-state index is -3.78. The SMILES string of the molecule is CN1C[C@](F)(C(=O)N[C@@H]2CC[C@@H](Oc3ccc(C(C)(C)C(=O)NS(C)(=O)=O)cc3-c3cccc(F)c3C3CCC3)C2)CC1(C)C. The van der Waals surface area contributed by atoms with Gasteiger partial charge in [0.25, 0.3) is 5.91 Å². The van der Waals surface area contributed by atoms with Crippen molar-refractivity contribution >= 4 is 21.8 Å². The molecule has 0 unspecified atom stereocenters. The van der Waals surface area contributed by atoms with E-state index >= 15 is 8.78 Å². The molecule has 0 spiro atoms. The molecule has 2 aliphatic carbocycles. The molecule has 1 saturated heterocycles. The van der Waals surface area contributed by atoms with Crippen molar-refractivity contribution in [3.05, 3.63) is 53.3 Å². The fraction of sp³-hybridized carbons (Fsp3) is 0.588. The van der Waals surface area contributed by atoms with Gasteiger partial charge in [-0.3, -0.25) is 19.2 Å². The van der Waals surface area contributed by atoms with Gasteiger partial charge in [-0.25, -0.2) is 17.2 Å². The summed E-state index contributed by atoms with van der Waals surface area (Å²) in [7, 11) is -1.96. The zero-order valence-electron chi connectivity index (χ0n) is 27.0. The number of amides is 2.